The minimum atomic E-state index is -1.17. The average molecular weight is 449 g/mol. The van der Waals surface area contributed by atoms with Crippen LogP contribution >= 0.6 is 0 Å². The monoisotopic (exact) mass is 448 g/mol. The number of rotatable bonds is 12. The van der Waals surface area contributed by atoms with Crippen LogP contribution < -0.4 is 21.7 Å². The zero-order valence-electron chi connectivity index (χ0n) is 19.4. The summed E-state index contributed by atoms with van der Waals surface area (Å²) in [7, 11) is 0. The van der Waals surface area contributed by atoms with Crippen molar-refractivity contribution in [3.63, 3.8) is 0 Å². The largest absolute Gasteiger partial charge is 0.480 e. The molecule has 0 bridgehead atoms. The number of carboxylic acid groups (broad SMARTS) is 1. The molecule has 0 saturated carbocycles. The molecule has 3 amide bonds. The lowest BCUT2D eigenvalue weighted by atomic mass is 9.96. The number of carbonyl (C=O) groups is 4. The van der Waals surface area contributed by atoms with Gasteiger partial charge in [0.1, 0.15) is 18.1 Å². The van der Waals surface area contributed by atoms with Crippen molar-refractivity contribution in [1.29, 1.82) is 0 Å². The highest BCUT2D eigenvalue weighted by atomic mass is 16.4. The van der Waals surface area contributed by atoms with Crippen LogP contribution in [0.2, 0.25) is 0 Å². The molecule has 1 aromatic carbocycles. The van der Waals surface area contributed by atoms with Gasteiger partial charge in [0.05, 0.1) is 6.04 Å². The topological polar surface area (TPSA) is 151 Å². The van der Waals surface area contributed by atoms with Crippen molar-refractivity contribution in [2.24, 2.45) is 17.6 Å². The van der Waals surface area contributed by atoms with E-state index in [1.807, 2.05) is 19.9 Å². The molecule has 1 rings (SSSR count). The summed E-state index contributed by atoms with van der Waals surface area (Å²) < 4.78 is 0. The lowest BCUT2D eigenvalue weighted by Gasteiger charge is -2.29. The third kappa shape index (κ3) is 8.30. The number of aliphatic carboxylic acids is 1. The highest BCUT2D eigenvalue weighted by Gasteiger charge is 2.33. The van der Waals surface area contributed by atoms with E-state index >= 15 is 0 Å². The van der Waals surface area contributed by atoms with E-state index in [1.54, 1.807) is 38.1 Å². The van der Waals surface area contributed by atoms with Gasteiger partial charge in [-0.15, -0.1) is 0 Å². The number of carboxylic acids is 1. The molecular formula is C23H36N4O5. The SMILES string of the molecule is CCC(C)C(NC(=O)C(C)N)C(=O)NC(C(=O)NC(Cc1ccccc1)C(=O)O)C(C)C. The molecule has 9 nitrogen and oxygen atoms in total. The number of nitrogens with two attached hydrogens (primary N) is 1. The molecule has 5 unspecified atom stereocenters. The molecule has 0 aliphatic carbocycles. The van der Waals surface area contributed by atoms with E-state index in [4.69, 9.17) is 5.73 Å². The Morgan fingerprint density at radius 2 is 1.41 bits per heavy atom. The van der Waals surface area contributed by atoms with Crippen molar-refractivity contribution in [2.45, 2.75) is 71.6 Å². The van der Waals surface area contributed by atoms with Crippen LogP contribution in [0, 0.1) is 11.8 Å². The van der Waals surface area contributed by atoms with E-state index in [0.717, 1.165) is 5.56 Å². The molecule has 5 atom stereocenters. The second-order valence-corrected chi connectivity index (χ2v) is 8.48. The van der Waals surface area contributed by atoms with E-state index in [2.05, 4.69) is 16.0 Å². The van der Waals surface area contributed by atoms with E-state index in [9.17, 15) is 24.3 Å². The molecule has 0 saturated heterocycles. The molecule has 178 valence electrons. The van der Waals surface area contributed by atoms with Gasteiger partial charge < -0.3 is 26.8 Å². The number of hydrogen-bond donors (Lipinski definition) is 5. The van der Waals surface area contributed by atoms with Crippen molar-refractivity contribution in [1.82, 2.24) is 16.0 Å². The van der Waals surface area contributed by atoms with Crippen LogP contribution in [-0.4, -0.2) is 53.0 Å². The molecule has 0 aliphatic heterocycles. The van der Waals surface area contributed by atoms with Gasteiger partial charge in [-0.2, -0.15) is 0 Å². The summed E-state index contributed by atoms with van der Waals surface area (Å²) in [5.41, 5.74) is 6.37. The van der Waals surface area contributed by atoms with E-state index in [0.29, 0.717) is 6.42 Å². The number of nitrogens with one attached hydrogen (secondary N) is 3. The molecule has 0 spiro atoms. The number of carbonyl (C=O) groups excluding carboxylic acids is 3. The predicted octanol–water partition coefficient (Wildman–Crippen LogP) is 0.817. The Hall–Kier alpha value is -2.94. The summed E-state index contributed by atoms with van der Waals surface area (Å²) in [6.45, 7) is 8.71. The smallest absolute Gasteiger partial charge is 0.326 e. The predicted molar refractivity (Wildman–Crippen MR) is 122 cm³/mol. The first-order valence-electron chi connectivity index (χ1n) is 10.9. The summed E-state index contributed by atoms with van der Waals surface area (Å²) in [5.74, 6) is -3.26. The normalized spacial score (nSPS) is 15.7. The molecule has 0 aliphatic rings. The van der Waals surface area contributed by atoms with Gasteiger partial charge in [-0.25, -0.2) is 4.79 Å². The summed E-state index contributed by atoms with van der Waals surface area (Å²) >= 11 is 0. The Kier molecular flexibility index (Phi) is 10.8. The maximum absolute atomic E-state index is 13.0. The summed E-state index contributed by atoms with van der Waals surface area (Å²) in [5, 5.41) is 17.4. The number of amides is 3. The molecule has 0 radical (unpaired) electrons. The van der Waals surface area contributed by atoms with Gasteiger partial charge in [-0.1, -0.05) is 64.4 Å². The van der Waals surface area contributed by atoms with Gasteiger partial charge in [0.25, 0.3) is 0 Å². The standard InChI is InChI=1S/C23H36N4O5/c1-6-14(4)19(27-20(28)15(5)24)22(30)26-18(13(2)3)21(29)25-17(23(31)32)12-16-10-8-7-9-11-16/h7-11,13-15,17-19H,6,12,24H2,1-5H3,(H,25,29)(H,26,30)(H,27,28)(H,31,32). The maximum atomic E-state index is 13.0. The van der Waals surface area contributed by atoms with Crippen LogP contribution in [0.1, 0.15) is 46.6 Å². The summed E-state index contributed by atoms with van der Waals surface area (Å²) in [6, 6.07) is 5.19. The molecular weight excluding hydrogens is 412 g/mol. The zero-order valence-corrected chi connectivity index (χ0v) is 19.4. The number of hydrogen-bond acceptors (Lipinski definition) is 5. The van der Waals surface area contributed by atoms with Crippen molar-refractivity contribution < 1.29 is 24.3 Å². The van der Waals surface area contributed by atoms with E-state index in [-0.39, 0.29) is 18.3 Å². The Bertz CT molecular complexity index is 782. The van der Waals surface area contributed by atoms with E-state index in [1.165, 1.54) is 6.92 Å². The van der Waals surface area contributed by atoms with Crippen LogP contribution in [0.15, 0.2) is 30.3 Å². The van der Waals surface area contributed by atoms with Crippen molar-refractivity contribution in [3.05, 3.63) is 35.9 Å². The van der Waals surface area contributed by atoms with Crippen LogP contribution in [0.25, 0.3) is 0 Å². The van der Waals surface area contributed by atoms with Gasteiger partial charge in [0, 0.05) is 6.42 Å². The average Bonchev–Trinajstić information content (AvgIpc) is 2.74. The molecule has 6 N–H and O–H groups in total. The zero-order chi connectivity index (χ0) is 24.4. The molecule has 9 heteroatoms. The first kappa shape index (κ1) is 27.1. The quantitative estimate of drug-likeness (QED) is 0.319. The summed E-state index contributed by atoms with van der Waals surface area (Å²) in [6.07, 6.45) is 0.731. The minimum absolute atomic E-state index is 0.112. The lowest BCUT2D eigenvalue weighted by Crippen LogP contribution is -2.59. The molecule has 32 heavy (non-hydrogen) atoms. The lowest BCUT2D eigenvalue weighted by molar-refractivity contribution is -0.142. The van der Waals surface area contributed by atoms with Crippen LogP contribution in [0.5, 0.6) is 0 Å². The molecule has 1 aromatic rings. The van der Waals surface area contributed by atoms with Gasteiger partial charge in [-0.3, -0.25) is 14.4 Å². The summed E-state index contributed by atoms with van der Waals surface area (Å²) in [4.78, 5) is 49.7. The third-order valence-electron chi connectivity index (χ3n) is 5.35. The fraction of sp³-hybridized carbons (Fsp3) is 0.565. The molecule has 0 aromatic heterocycles. The maximum Gasteiger partial charge on any atom is 0.326 e. The first-order chi connectivity index (χ1) is 15.0. The Morgan fingerprint density at radius 3 is 1.88 bits per heavy atom. The fourth-order valence-electron chi connectivity index (χ4n) is 3.08. The van der Waals surface area contributed by atoms with Gasteiger partial charge >= 0.3 is 5.97 Å². The molecule has 0 fully saturated rings. The van der Waals surface area contributed by atoms with Gasteiger partial charge in [-0.05, 0) is 24.3 Å². The Labute approximate surface area is 189 Å². The second kappa shape index (κ2) is 12.8. The van der Waals surface area contributed by atoms with Crippen LogP contribution in [0.3, 0.4) is 0 Å². The molecule has 0 heterocycles. The second-order valence-electron chi connectivity index (χ2n) is 8.48. The first-order valence-corrected chi connectivity index (χ1v) is 10.9. The van der Waals surface area contributed by atoms with Crippen molar-refractivity contribution in [2.75, 3.05) is 0 Å². The van der Waals surface area contributed by atoms with Crippen LogP contribution in [0.4, 0.5) is 0 Å². The number of benzene rings is 1. The van der Waals surface area contributed by atoms with Gasteiger partial charge in [0.15, 0.2) is 0 Å². The van der Waals surface area contributed by atoms with Crippen molar-refractivity contribution in [3.8, 4) is 0 Å². The highest BCUT2D eigenvalue weighted by molar-refractivity contribution is 5.94. The van der Waals surface area contributed by atoms with Gasteiger partial charge in [0.2, 0.25) is 17.7 Å². The minimum Gasteiger partial charge on any atom is -0.480 e. The Morgan fingerprint density at radius 1 is 0.875 bits per heavy atom. The Balaban J connectivity index is 2.96. The van der Waals surface area contributed by atoms with Crippen LogP contribution in [-0.2, 0) is 25.6 Å². The van der Waals surface area contributed by atoms with E-state index < -0.39 is 47.9 Å². The fourth-order valence-corrected chi connectivity index (χ4v) is 3.08. The highest BCUT2D eigenvalue weighted by Crippen LogP contribution is 2.11. The van der Waals surface area contributed by atoms with Crippen molar-refractivity contribution >= 4 is 23.7 Å². The third-order valence-corrected chi connectivity index (χ3v) is 5.35.